The highest BCUT2D eigenvalue weighted by Gasteiger charge is 2.53. The number of thioether (sulfide) groups is 1. The Morgan fingerprint density at radius 2 is 2.11 bits per heavy atom. The minimum absolute atomic E-state index is 0.0177. The highest BCUT2D eigenvalue weighted by atomic mass is 32.2. The molecule has 1 aromatic carbocycles. The van der Waals surface area contributed by atoms with Gasteiger partial charge in [0.15, 0.2) is 6.10 Å². The molecule has 2 fully saturated rings. The summed E-state index contributed by atoms with van der Waals surface area (Å²) in [6, 6.07) is 6.94. The summed E-state index contributed by atoms with van der Waals surface area (Å²) in [5.74, 6) is -0.246. The average Bonchev–Trinajstić information content (AvgIpc) is 3.24. The molecule has 6 nitrogen and oxygen atoms in total. The number of hydrogen-bond donors (Lipinski definition) is 1. The first-order valence-electron chi connectivity index (χ1n) is 9.10. The maximum atomic E-state index is 13.0. The molecule has 27 heavy (non-hydrogen) atoms. The minimum Gasteiger partial charge on any atom is -0.453 e. The van der Waals surface area contributed by atoms with Crippen LogP contribution >= 0.6 is 11.8 Å². The Hall–Kier alpha value is -2.28. The number of rotatable bonds is 4. The van der Waals surface area contributed by atoms with Crippen LogP contribution in [-0.2, 0) is 14.3 Å². The molecule has 3 heterocycles. The molecule has 0 unspecified atom stereocenters. The van der Waals surface area contributed by atoms with Crippen molar-refractivity contribution in [2.45, 2.75) is 50.6 Å². The van der Waals surface area contributed by atoms with Gasteiger partial charge in [-0.2, -0.15) is 0 Å². The van der Waals surface area contributed by atoms with Crippen LogP contribution in [0.25, 0.3) is 10.9 Å². The molecular formula is C20H22N2O4S. The lowest BCUT2D eigenvalue weighted by Crippen LogP contribution is -2.47. The van der Waals surface area contributed by atoms with E-state index in [-0.39, 0.29) is 16.6 Å². The summed E-state index contributed by atoms with van der Waals surface area (Å²) in [5, 5.41) is 0.821. The summed E-state index contributed by atoms with van der Waals surface area (Å²) in [4.78, 5) is 42.4. The van der Waals surface area contributed by atoms with Gasteiger partial charge in [-0.25, -0.2) is 4.79 Å². The van der Waals surface area contributed by atoms with Gasteiger partial charge in [-0.1, -0.05) is 18.2 Å². The molecule has 1 aromatic heterocycles. The molecular weight excluding hydrogens is 364 g/mol. The van der Waals surface area contributed by atoms with Crippen molar-refractivity contribution < 1.29 is 19.1 Å². The van der Waals surface area contributed by atoms with E-state index in [4.69, 9.17) is 4.74 Å². The molecule has 1 N–H and O–H groups in total. The lowest BCUT2D eigenvalue weighted by molar-refractivity contribution is -0.155. The smallest absolute Gasteiger partial charge is 0.330 e. The molecule has 2 aliphatic heterocycles. The van der Waals surface area contributed by atoms with Gasteiger partial charge in [0, 0.05) is 34.3 Å². The van der Waals surface area contributed by atoms with Crippen LogP contribution in [-0.4, -0.2) is 50.3 Å². The monoisotopic (exact) mass is 386 g/mol. The molecule has 2 aromatic rings. The Bertz CT molecular complexity index is 953. The number of para-hydroxylation sites is 1. The lowest BCUT2D eigenvalue weighted by atomic mass is 10.0. The van der Waals surface area contributed by atoms with Crippen LogP contribution < -0.4 is 0 Å². The average molecular weight is 386 g/mol. The minimum atomic E-state index is -0.912. The third-order valence-corrected chi connectivity index (χ3v) is 7.02. The van der Waals surface area contributed by atoms with E-state index in [0.717, 1.165) is 23.0 Å². The van der Waals surface area contributed by atoms with Gasteiger partial charge in [-0.15, -0.1) is 11.8 Å². The third-order valence-electron chi connectivity index (χ3n) is 5.52. The van der Waals surface area contributed by atoms with Crippen LogP contribution in [0.15, 0.2) is 24.3 Å². The molecule has 0 saturated carbocycles. The van der Waals surface area contributed by atoms with Crippen LogP contribution in [0.1, 0.15) is 42.7 Å². The number of aromatic nitrogens is 1. The molecule has 0 aliphatic carbocycles. The SMILES string of the molecule is Cc1[nH]c2ccccc2c1C(=O)[C@H](C)OC(=O)[C@@H]1CS[C@]2(C)CCC(=O)N12. The van der Waals surface area contributed by atoms with E-state index in [1.54, 1.807) is 23.6 Å². The molecule has 2 saturated heterocycles. The summed E-state index contributed by atoms with van der Waals surface area (Å²) in [6.45, 7) is 5.41. The van der Waals surface area contributed by atoms with Crippen LogP contribution in [0.5, 0.6) is 0 Å². The van der Waals surface area contributed by atoms with Gasteiger partial charge in [0.25, 0.3) is 0 Å². The maximum absolute atomic E-state index is 13.0. The standard InChI is InChI=1S/C20H22N2O4S/c1-11-17(13-6-4-5-7-14(13)21-11)18(24)12(2)26-19(25)15-10-27-20(3)9-8-16(23)22(15)20/h4-7,12,15,21H,8-10H2,1-3H3/t12-,15-,20+/m0/s1. The van der Waals surface area contributed by atoms with Crippen molar-refractivity contribution in [1.29, 1.82) is 0 Å². The second-order valence-corrected chi connectivity index (χ2v) is 8.88. The molecule has 3 atom stereocenters. The zero-order valence-corrected chi connectivity index (χ0v) is 16.4. The fourth-order valence-electron chi connectivity index (χ4n) is 4.10. The zero-order valence-electron chi connectivity index (χ0n) is 15.6. The molecule has 0 bridgehead atoms. The van der Waals surface area contributed by atoms with E-state index in [0.29, 0.717) is 17.7 Å². The number of H-pyrrole nitrogens is 1. The molecule has 7 heteroatoms. The topological polar surface area (TPSA) is 79.5 Å². The second-order valence-electron chi connectivity index (χ2n) is 7.38. The number of esters is 1. The maximum Gasteiger partial charge on any atom is 0.330 e. The first-order chi connectivity index (χ1) is 12.8. The predicted octanol–water partition coefficient (Wildman–Crippen LogP) is 3.04. The number of fused-ring (bicyclic) bond motifs is 2. The van der Waals surface area contributed by atoms with Crippen molar-refractivity contribution in [2.24, 2.45) is 0 Å². The number of ketones is 1. The van der Waals surface area contributed by atoms with E-state index in [1.807, 2.05) is 38.1 Å². The van der Waals surface area contributed by atoms with Crippen LogP contribution in [0.3, 0.4) is 0 Å². The van der Waals surface area contributed by atoms with Crippen LogP contribution in [0.4, 0.5) is 0 Å². The Morgan fingerprint density at radius 1 is 1.37 bits per heavy atom. The zero-order chi connectivity index (χ0) is 19.3. The summed E-state index contributed by atoms with van der Waals surface area (Å²) in [5.41, 5.74) is 2.18. The van der Waals surface area contributed by atoms with Crippen molar-refractivity contribution in [2.75, 3.05) is 5.75 Å². The number of amides is 1. The number of Topliss-reactive ketones (excluding diaryl/α,β-unsaturated/α-hetero) is 1. The Labute approximate surface area is 161 Å². The fraction of sp³-hybridized carbons (Fsp3) is 0.450. The summed E-state index contributed by atoms with van der Waals surface area (Å²) >= 11 is 1.61. The number of hydrogen-bond acceptors (Lipinski definition) is 5. The van der Waals surface area contributed by atoms with Gasteiger partial charge in [0.2, 0.25) is 11.7 Å². The molecule has 0 radical (unpaired) electrons. The molecule has 0 spiro atoms. The van der Waals surface area contributed by atoms with Crippen molar-refractivity contribution in [3.63, 3.8) is 0 Å². The summed E-state index contributed by atoms with van der Waals surface area (Å²) in [7, 11) is 0. The van der Waals surface area contributed by atoms with Gasteiger partial charge < -0.3 is 14.6 Å². The van der Waals surface area contributed by atoms with E-state index in [1.165, 1.54) is 0 Å². The Balaban J connectivity index is 1.53. The molecule has 1 amide bonds. The first kappa shape index (κ1) is 18.1. The van der Waals surface area contributed by atoms with E-state index >= 15 is 0 Å². The van der Waals surface area contributed by atoms with E-state index in [9.17, 15) is 14.4 Å². The Morgan fingerprint density at radius 3 is 2.89 bits per heavy atom. The van der Waals surface area contributed by atoms with Gasteiger partial charge >= 0.3 is 5.97 Å². The number of nitrogens with zero attached hydrogens (tertiary/aromatic N) is 1. The number of nitrogens with one attached hydrogen (secondary N) is 1. The molecule has 142 valence electrons. The van der Waals surface area contributed by atoms with Crippen molar-refractivity contribution in [3.05, 3.63) is 35.5 Å². The number of carbonyl (C=O) groups is 3. The summed E-state index contributed by atoms with van der Waals surface area (Å²) in [6.07, 6.45) is 0.282. The van der Waals surface area contributed by atoms with Crippen molar-refractivity contribution in [3.8, 4) is 0 Å². The van der Waals surface area contributed by atoms with Crippen molar-refractivity contribution in [1.82, 2.24) is 9.88 Å². The van der Waals surface area contributed by atoms with Crippen LogP contribution in [0.2, 0.25) is 0 Å². The van der Waals surface area contributed by atoms with Crippen LogP contribution in [0, 0.1) is 6.92 Å². The molecule has 2 aliphatic rings. The number of benzene rings is 1. The van der Waals surface area contributed by atoms with Gasteiger partial charge in [0.1, 0.15) is 6.04 Å². The van der Waals surface area contributed by atoms with Crippen molar-refractivity contribution >= 4 is 40.3 Å². The summed E-state index contributed by atoms with van der Waals surface area (Å²) < 4.78 is 5.52. The number of carbonyl (C=O) groups excluding carboxylic acids is 3. The fourth-order valence-corrected chi connectivity index (χ4v) is 5.52. The number of aromatic amines is 1. The highest BCUT2D eigenvalue weighted by Crippen LogP contribution is 2.47. The van der Waals surface area contributed by atoms with E-state index < -0.39 is 18.1 Å². The quantitative estimate of drug-likeness (QED) is 0.645. The first-order valence-corrected chi connectivity index (χ1v) is 10.1. The Kier molecular flexibility index (Phi) is 4.29. The normalized spacial score (nSPS) is 25.7. The number of aryl methyl sites for hydroxylation is 1. The largest absolute Gasteiger partial charge is 0.453 e. The lowest BCUT2D eigenvalue weighted by Gasteiger charge is -2.29. The highest BCUT2D eigenvalue weighted by molar-refractivity contribution is 8.01. The third kappa shape index (κ3) is 2.84. The predicted molar refractivity (Wildman–Crippen MR) is 104 cm³/mol. The number of ether oxygens (including phenoxy) is 1. The molecule has 4 rings (SSSR count). The van der Waals surface area contributed by atoms with Gasteiger partial charge in [-0.05, 0) is 33.3 Å². The van der Waals surface area contributed by atoms with E-state index in [2.05, 4.69) is 4.98 Å². The second kappa shape index (κ2) is 6.41. The van der Waals surface area contributed by atoms with Gasteiger partial charge in [0.05, 0.1) is 4.87 Å². The van der Waals surface area contributed by atoms with Gasteiger partial charge in [-0.3, -0.25) is 9.59 Å².